The van der Waals surface area contributed by atoms with Crippen molar-refractivity contribution in [1.82, 2.24) is 25.3 Å². The minimum absolute atomic E-state index is 0.274. The van der Waals surface area contributed by atoms with E-state index in [1.165, 1.54) is 0 Å². The Morgan fingerprint density at radius 2 is 2.23 bits per heavy atom. The average molecular weight is 299 g/mol. The van der Waals surface area contributed by atoms with Crippen LogP contribution in [0.5, 0.6) is 0 Å². The van der Waals surface area contributed by atoms with Gasteiger partial charge in [-0.3, -0.25) is 9.78 Å². The van der Waals surface area contributed by atoms with Crippen LogP contribution in [0.25, 0.3) is 11.5 Å². The molecular formula is C16H21N5O. The molecule has 2 unspecified atom stereocenters. The van der Waals surface area contributed by atoms with Crippen molar-refractivity contribution in [3.8, 4) is 11.5 Å². The van der Waals surface area contributed by atoms with Gasteiger partial charge >= 0.3 is 0 Å². The summed E-state index contributed by atoms with van der Waals surface area (Å²) in [6.07, 6.45) is 5.62. The summed E-state index contributed by atoms with van der Waals surface area (Å²) in [6.45, 7) is 6.96. The van der Waals surface area contributed by atoms with Crippen LogP contribution in [0.3, 0.4) is 0 Å². The Kier molecular flexibility index (Phi) is 4.11. The number of H-pyrrole nitrogens is 1. The molecule has 3 aromatic rings. The number of aryl methyl sites for hydroxylation is 1. The van der Waals surface area contributed by atoms with Gasteiger partial charge in [-0.15, -0.1) is 0 Å². The third-order valence-electron chi connectivity index (χ3n) is 3.98. The Bertz CT molecular complexity index is 713. The van der Waals surface area contributed by atoms with Gasteiger partial charge in [-0.1, -0.05) is 0 Å². The number of hydrogen-bond donors (Lipinski definition) is 2. The molecule has 0 aliphatic heterocycles. The first-order valence-corrected chi connectivity index (χ1v) is 7.46. The van der Waals surface area contributed by atoms with Gasteiger partial charge in [0, 0.05) is 30.5 Å². The van der Waals surface area contributed by atoms with Crippen LogP contribution in [0.2, 0.25) is 0 Å². The van der Waals surface area contributed by atoms with Gasteiger partial charge in [0.1, 0.15) is 11.5 Å². The van der Waals surface area contributed by atoms with Gasteiger partial charge in [-0.25, -0.2) is 0 Å². The third kappa shape index (κ3) is 2.96. The van der Waals surface area contributed by atoms with Crippen molar-refractivity contribution in [2.45, 2.75) is 39.4 Å². The fourth-order valence-corrected chi connectivity index (χ4v) is 2.42. The molecule has 0 amide bonds. The van der Waals surface area contributed by atoms with Crippen LogP contribution in [0.15, 0.2) is 41.2 Å². The van der Waals surface area contributed by atoms with Crippen LogP contribution < -0.4 is 5.32 Å². The zero-order valence-corrected chi connectivity index (χ0v) is 13.1. The van der Waals surface area contributed by atoms with E-state index in [2.05, 4.69) is 34.5 Å². The second kappa shape index (κ2) is 6.19. The lowest BCUT2D eigenvalue weighted by atomic mass is 10.1. The molecule has 0 saturated heterocycles. The van der Waals surface area contributed by atoms with E-state index >= 15 is 0 Å². The first-order chi connectivity index (χ1) is 10.6. The minimum Gasteiger partial charge on any atom is -0.460 e. The maximum absolute atomic E-state index is 5.67. The van der Waals surface area contributed by atoms with E-state index in [4.69, 9.17) is 4.42 Å². The highest BCUT2D eigenvalue weighted by Crippen LogP contribution is 2.23. The fourth-order valence-electron chi connectivity index (χ4n) is 2.42. The molecule has 0 fully saturated rings. The van der Waals surface area contributed by atoms with Gasteiger partial charge in [0.2, 0.25) is 0 Å². The van der Waals surface area contributed by atoms with Gasteiger partial charge in [-0.05, 0) is 39.0 Å². The molecule has 6 heteroatoms. The number of aromatic amines is 1. The van der Waals surface area contributed by atoms with Crippen molar-refractivity contribution in [1.29, 1.82) is 0 Å². The van der Waals surface area contributed by atoms with Crippen molar-refractivity contribution in [3.05, 3.63) is 48.1 Å². The van der Waals surface area contributed by atoms with Gasteiger partial charge in [0.25, 0.3) is 0 Å². The highest BCUT2D eigenvalue weighted by atomic mass is 16.3. The Hall–Kier alpha value is -2.34. The van der Waals surface area contributed by atoms with Crippen molar-refractivity contribution in [3.63, 3.8) is 0 Å². The molecule has 0 radical (unpaired) electrons. The number of rotatable bonds is 6. The number of nitrogens with one attached hydrogen (secondary N) is 2. The van der Waals surface area contributed by atoms with E-state index in [1.54, 1.807) is 6.20 Å². The summed E-state index contributed by atoms with van der Waals surface area (Å²) in [5.41, 5.74) is 2.02. The van der Waals surface area contributed by atoms with Crippen LogP contribution >= 0.6 is 0 Å². The largest absolute Gasteiger partial charge is 0.460 e. The van der Waals surface area contributed by atoms with Crippen molar-refractivity contribution < 1.29 is 4.42 Å². The minimum atomic E-state index is 0.274. The Balaban J connectivity index is 1.66. The Labute approximate surface area is 129 Å². The zero-order chi connectivity index (χ0) is 15.5. The van der Waals surface area contributed by atoms with E-state index in [1.807, 2.05) is 42.2 Å². The summed E-state index contributed by atoms with van der Waals surface area (Å²) in [7, 11) is 0. The van der Waals surface area contributed by atoms with Gasteiger partial charge in [0.15, 0.2) is 5.76 Å². The summed E-state index contributed by atoms with van der Waals surface area (Å²) >= 11 is 0. The Morgan fingerprint density at radius 1 is 1.36 bits per heavy atom. The molecule has 2 N–H and O–H groups in total. The molecule has 22 heavy (non-hydrogen) atoms. The SMILES string of the molecule is Cc1ccc(-c2[nH]ncc2CNC(C)C(C)n2cccn2)o1. The van der Waals surface area contributed by atoms with E-state index in [-0.39, 0.29) is 12.1 Å². The Morgan fingerprint density at radius 3 is 2.91 bits per heavy atom. The predicted octanol–water partition coefficient (Wildman–Crippen LogP) is 2.91. The molecular weight excluding hydrogens is 278 g/mol. The summed E-state index contributed by atoms with van der Waals surface area (Å²) in [5.74, 6) is 1.71. The van der Waals surface area contributed by atoms with E-state index in [9.17, 15) is 0 Å². The average Bonchev–Trinajstić information content (AvgIpc) is 3.24. The molecule has 6 nitrogen and oxygen atoms in total. The maximum atomic E-state index is 5.67. The molecule has 3 heterocycles. The highest BCUT2D eigenvalue weighted by Gasteiger charge is 2.16. The smallest absolute Gasteiger partial charge is 0.152 e. The van der Waals surface area contributed by atoms with Crippen LogP contribution in [-0.4, -0.2) is 26.0 Å². The lowest BCUT2D eigenvalue weighted by molar-refractivity contribution is 0.365. The standard InChI is InChI=1S/C16H21N5O/c1-11-5-6-15(22-11)16-14(10-18-20-16)9-17-12(2)13(3)21-8-4-7-19-21/h4-8,10,12-13,17H,9H2,1-3H3,(H,18,20). The van der Waals surface area contributed by atoms with Crippen molar-refractivity contribution in [2.24, 2.45) is 0 Å². The van der Waals surface area contributed by atoms with Gasteiger partial charge < -0.3 is 9.73 Å². The molecule has 3 aromatic heterocycles. The third-order valence-corrected chi connectivity index (χ3v) is 3.98. The first-order valence-electron chi connectivity index (χ1n) is 7.46. The van der Waals surface area contributed by atoms with Gasteiger partial charge in [-0.2, -0.15) is 10.2 Å². The number of furan rings is 1. The first kappa shape index (κ1) is 14.6. The van der Waals surface area contributed by atoms with Crippen LogP contribution in [0.4, 0.5) is 0 Å². The van der Waals surface area contributed by atoms with Crippen LogP contribution in [0, 0.1) is 6.92 Å². The molecule has 0 saturated carbocycles. The normalized spacial score (nSPS) is 14.1. The zero-order valence-electron chi connectivity index (χ0n) is 13.1. The second-order valence-electron chi connectivity index (χ2n) is 5.58. The predicted molar refractivity (Wildman–Crippen MR) is 84.3 cm³/mol. The molecule has 2 atom stereocenters. The van der Waals surface area contributed by atoms with Crippen molar-refractivity contribution >= 4 is 0 Å². The molecule has 3 rings (SSSR count). The second-order valence-corrected chi connectivity index (χ2v) is 5.58. The van der Waals surface area contributed by atoms with E-state index < -0.39 is 0 Å². The summed E-state index contributed by atoms with van der Waals surface area (Å²) < 4.78 is 7.63. The lowest BCUT2D eigenvalue weighted by Crippen LogP contribution is -2.33. The fraction of sp³-hybridized carbons (Fsp3) is 0.375. The molecule has 0 aliphatic carbocycles. The number of nitrogens with zero attached hydrogens (tertiary/aromatic N) is 3. The monoisotopic (exact) mass is 299 g/mol. The number of aromatic nitrogens is 4. The lowest BCUT2D eigenvalue weighted by Gasteiger charge is -2.21. The summed E-state index contributed by atoms with van der Waals surface area (Å²) in [4.78, 5) is 0. The topological polar surface area (TPSA) is 71.7 Å². The van der Waals surface area contributed by atoms with E-state index in [0.717, 1.165) is 29.3 Å². The molecule has 116 valence electrons. The van der Waals surface area contributed by atoms with Gasteiger partial charge in [0.05, 0.1) is 12.2 Å². The van der Waals surface area contributed by atoms with E-state index in [0.29, 0.717) is 0 Å². The van der Waals surface area contributed by atoms with Crippen molar-refractivity contribution in [2.75, 3.05) is 0 Å². The maximum Gasteiger partial charge on any atom is 0.152 e. The summed E-state index contributed by atoms with van der Waals surface area (Å²) in [5, 5.41) is 15.0. The summed E-state index contributed by atoms with van der Waals surface area (Å²) in [6, 6.07) is 6.41. The molecule has 0 aliphatic rings. The molecule has 0 bridgehead atoms. The number of hydrogen-bond acceptors (Lipinski definition) is 4. The molecule has 0 aromatic carbocycles. The van der Waals surface area contributed by atoms with Crippen LogP contribution in [0.1, 0.15) is 31.2 Å². The quantitative estimate of drug-likeness (QED) is 0.734. The van der Waals surface area contributed by atoms with Crippen LogP contribution in [-0.2, 0) is 6.54 Å². The molecule has 0 spiro atoms. The highest BCUT2D eigenvalue weighted by molar-refractivity contribution is 5.56.